The van der Waals surface area contributed by atoms with Gasteiger partial charge < -0.3 is 5.11 Å². The quantitative estimate of drug-likeness (QED) is 0.244. The topological polar surface area (TPSA) is 75.3 Å². The van der Waals surface area contributed by atoms with E-state index in [4.69, 9.17) is 23.2 Å². The van der Waals surface area contributed by atoms with Crippen molar-refractivity contribution in [3.63, 3.8) is 0 Å². The zero-order valence-corrected chi connectivity index (χ0v) is 19.2. The highest BCUT2D eigenvalue weighted by molar-refractivity contribution is 14.1. The van der Waals surface area contributed by atoms with E-state index in [1.165, 1.54) is 0 Å². The molecule has 1 aromatic carbocycles. The van der Waals surface area contributed by atoms with Crippen LogP contribution in [0.5, 0.6) is 5.75 Å². The Hall–Kier alpha value is -1.16. The number of aromatic hydroxyl groups is 1. The first-order chi connectivity index (χ1) is 13.5. The zero-order chi connectivity index (χ0) is 20.1. The Morgan fingerprint density at radius 3 is 2.61 bits per heavy atom. The second-order valence-corrected chi connectivity index (χ2v) is 8.27. The highest BCUT2D eigenvalue weighted by atomic mass is 127. The predicted molar refractivity (Wildman–Crippen MR) is 121 cm³/mol. The van der Waals surface area contributed by atoms with Crippen molar-refractivity contribution >= 4 is 57.8 Å². The van der Waals surface area contributed by atoms with E-state index < -0.39 is 0 Å². The number of nitrogens with one attached hydrogen (secondary N) is 1. The number of hydrogen-bond acceptors (Lipinski definition) is 5. The average Bonchev–Trinajstić information content (AvgIpc) is 3.19. The summed E-state index contributed by atoms with van der Waals surface area (Å²) >= 11 is 14.2. The minimum absolute atomic E-state index is 0.0737. The number of aromatic nitrogens is 4. The number of hydrogen-bond donors (Lipinski definition) is 2. The van der Waals surface area contributed by atoms with E-state index in [1.807, 2.05) is 11.4 Å². The molecule has 9 heteroatoms. The summed E-state index contributed by atoms with van der Waals surface area (Å²) in [5.74, 6) is 0.840. The summed E-state index contributed by atoms with van der Waals surface area (Å²) in [7, 11) is 0. The maximum Gasteiger partial charge on any atom is 0.186 e. The minimum atomic E-state index is -0.0737. The van der Waals surface area contributed by atoms with Gasteiger partial charge >= 0.3 is 0 Å². The molecule has 0 aliphatic heterocycles. The molecule has 150 valence electrons. The third-order valence-electron chi connectivity index (χ3n) is 4.62. The Labute approximate surface area is 187 Å². The smallest absolute Gasteiger partial charge is 0.186 e. The maximum absolute atomic E-state index is 9.67. The van der Waals surface area contributed by atoms with Crippen LogP contribution in [0.15, 0.2) is 12.1 Å². The van der Waals surface area contributed by atoms with Crippen molar-refractivity contribution in [2.24, 2.45) is 0 Å². The number of phenols is 1. The molecule has 2 N–H and O–H groups in total. The van der Waals surface area contributed by atoms with Gasteiger partial charge in [0.25, 0.3) is 0 Å². The Balaban J connectivity index is 1.70. The van der Waals surface area contributed by atoms with Gasteiger partial charge in [0, 0.05) is 41.0 Å². The third kappa shape index (κ3) is 5.06. The molecule has 0 bridgehead atoms. The first-order valence-corrected chi connectivity index (χ1v) is 11.1. The van der Waals surface area contributed by atoms with Crippen molar-refractivity contribution in [1.82, 2.24) is 23.3 Å². The van der Waals surface area contributed by atoms with E-state index in [1.54, 1.807) is 12.1 Å². The van der Waals surface area contributed by atoms with Gasteiger partial charge in [-0.05, 0) is 50.3 Å². The van der Waals surface area contributed by atoms with Crippen LogP contribution in [-0.2, 0) is 12.8 Å². The van der Waals surface area contributed by atoms with Crippen LogP contribution in [0.2, 0.25) is 10.0 Å². The molecule has 0 atom stereocenters. The van der Waals surface area contributed by atoms with Crippen LogP contribution in [0.4, 0.5) is 0 Å². The lowest BCUT2D eigenvalue weighted by atomic mass is 10.1. The summed E-state index contributed by atoms with van der Waals surface area (Å²) in [6, 6.07) is 3.48. The van der Waals surface area contributed by atoms with Crippen molar-refractivity contribution in [2.45, 2.75) is 45.4 Å². The van der Waals surface area contributed by atoms with Gasteiger partial charge in [-0.3, -0.25) is 3.53 Å². The summed E-state index contributed by atoms with van der Waals surface area (Å²) in [6.07, 6.45) is 7.92. The van der Waals surface area contributed by atoms with Gasteiger partial charge in [0.05, 0.1) is 15.7 Å². The number of aryl methyl sites for hydroxylation is 3. The van der Waals surface area contributed by atoms with E-state index in [0.717, 1.165) is 73.0 Å². The Kier molecular flexibility index (Phi) is 7.73. The number of fused-ring (bicyclic) bond motifs is 1. The van der Waals surface area contributed by atoms with Crippen LogP contribution in [0.1, 0.15) is 42.8 Å². The molecule has 0 fully saturated rings. The normalized spacial score (nSPS) is 12.4. The molecule has 0 aliphatic carbocycles. The molecule has 0 aliphatic rings. The molecule has 28 heavy (non-hydrogen) atoms. The van der Waals surface area contributed by atoms with E-state index >= 15 is 0 Å². The summed E-state index contributed by atoms with van der Waals surface area (Å²) in [4.78, 5) is 0. The molecule has 2 heterocycles. The van der Waals surface area contributed by atoms with Gasteiger partial charge in [0.1, 0.15) is 0 Å². The number of benzene rings is 1. The summed E-state index contributed by atoms with van der Waals surface area (Å²) in [5, 5.41) is 24.5. The SMILES string of the molecule is Cc1nn2c(CCCCCNI)nnc2/c1=C\CCc1cc(Cl)c(O)c(Cl)c1. The predicted octanol–water partition coefficient (Wildman–Crippen LogP) is 4.23. The fourth-order valence-electron chi connectivity index (χ4n) is 3.14. The van der Waals surface area contributed by atoms with Gasteiger partial charge in [-0.2, -0.15) is 9.61 Å². The molecule has 0 spiro atoms. The number of rotatable bonds is 9. The van der Waals surface area contributed by atoms with Crippen LogP contribution in [0.25, 0.3) is 11.7 Å². The fraction of sp³-hybridized carbons (Fsp3) is 0.421. The van der Waals surface area contributed by atoms with Crippen LogP contribution in [-0.4, -0.2) is 31.5 Å². The lowest BCUT2D eigenvalue weighted by molar-refractivity contribution is 0.475. The summed E-state index contributed by atoms with van der Waals surface area (Å²) < 4.78 is 5.00. The van der Waals surface area contributed by atoms with Crippen molar-refractivity contribution < 1.29 is 5.11 Å². The van der Waals surface area contributed by atoms with Gasteiger partial charge in [-0.15, -0.1) is 10.2 Å². The van der Waals surface area contributed by atoms with Crippen LogP contribution in [0.3, 0.4) is 0 Å². The van der Waals surface area contributed by atoms with Crippen molar-refractivity contribution in [1.29, 1.82) is 0 Å². The van der Waals surface area contributed by atoms with Gasteiger partial charge in [0.15, 0.2) is 17.2 Å². The van der Waals surface area contributed by atoms with Gasteiger partial charge in [-0.25, -0.2) is 0 Å². The molecule has 3 rings (SSSR count). The number of unbranched alkanes of at least 4 members (excludes halogenated alkanes) is 2. The summed E-state index contributed by atoms with van der Waals surface area (Å²) in [6.45, 7) is 3.02. The van der Waals surface area contributed by atoms with Crippen molar-refractivity contribution in [2.75, 3.05) is 6.54 Å². The highest BCUT2D eigenvalue weighted by Crippen LogP contribution is 2.33. The average molecular weight is 534 g/mol. The molecule has 0 radical (unpaired) electrons. The van der Waals surface area contributed by atoms with E-state index in [9.17, 15) is 5.11 Å². The van der Waals surface area contributed by atoms with E-state index in [0.29, 0.717) is 0 Å². The molecule has 0 amide bonds. The lowest BCUT2D eigenvalue weighted by Crippen LogP contribution is -2.03. The largest absolute Gasteiger partial charge is 0.505 e. The number of nitrogens with zero attached hydrogens (tertiary/aromatic N) is 4. The first-order valence-electron chi connectivity index (χ1n) is 9.22. The maximum atomic E-state index is 9.67. The second-order valence-electron chi connectivity index (χ2n) is 6.70. The fourth-order valence-corrected chi connectivity index (χ4v) is 4.06. The monoisotopic (exact) mass is 533 g/mol. The molecule has 0 unspecified atom stereocenters. The van der Waals surface area contributed by atoms with E-state index in [-0.39, 0.29) is 15.8 Å². The first kappa shape index (κ1) is 21.5. The molecule has 6 nitrogen and oxygen atoms in total. The van der Waals surface area contributed by atoms with Gasteiger partial charge in [0.2, 0.25) is 0 Å². The third-order valence-corrected chi connectivity index (χ3v) is 5.73. The Morgan fingerprint density at radius 1 is 1.14 bits per heavy atom. The second kappa shape index (κ2) is 10.0. The highest BCUT2D eigenvalue weighted by Gasteiger charge is 2.12. The zero-order valence-electron chi connectivity index (χ0n) is 15.6. The minimum Gasteiger partial charge on any atom is -0.505 e. The van der Waals surface area contributed by atoms with Crippen molar-refractivity contribution in [3.05, 3.63) is 44.5 Å². The molecular weight excluding hydrogens is 512 g/mol. The number of halogens is 3. The lowest BCUT2D eigenvalue weighted by Gasteiger charge is -2.04. The molecule has 0 saturated heterocycles. The standard InChI is InChI=1S/C19H22Cl2IN5O/c1-12-14(7-5-6-13-10-15(20)18(28)16(21)11-13)19-25-24-17(27(19)26-12)8-3-2-4-9-23-22/h7,10-11,23,28H,2-6,8-9H2,1H3/b14-7-. The number of phenolic OH excluding ortho intramolecular Hbond substituents is 1. The van der Waals surface area contributed by atoms with Crippen LogP contribution < -0.4 is 8.75 Å². The Morgan fingerprint density at radius 2 is 1.89 bits per heavy atom. The van der Waals surface area contributed by atoms with Crippen LogP contribution in [0, 0.1) is 6.92 Å². The van der Waals surface area contributed by atoms with Crippen LogP contribution >= 0.6 is 46.1 Å². The molecule has 3 aromatic rings. The molecule has 2 aromatic heterocycles. The summed E-state index contributed by atoms with van der Waals surface area (Å²) in [5.41, 5.74) is 2.73. The van der Waals surface area contributed by atoms with Crippen molar-refractivity contribution in [3.8, 4) is 5.75 Å². The molecular formula is C19H22Cl2IN5O. The van der Waals surface area contributed by atoms with E-state index in [2.05, 4.69) is 47.8 Å². The Bertz CT molecular complexity index is 985. The molecule has 0 saturated carbocycles. The van der Waals surface area contributed by atoms with Gasteiger partial charge in [-0.1, -0.05) is 35.7 Å².